The third-order valence-electron chi connectivity index (χ3n) is 4.22. The van der Waals surface area contributed by atoms with Crippen molar-refractivity contribution in [2.75, 3.05) is 20.2 Å². The van der Waals surface area contributed by atoms with Gasteiger partial charge in [-0.05, 0) is 38.6 Å². The van der Waals surface area contributed by atoms with Gasteiger partial charge in [-0.15, -0.1) is 0 Å². The highest BCUT2D eigenvalue weighted by Crippen LogP contribution is 2.27. The highest BCUT2D eigenvalue weighted by molar-refractivity contribution is 4.97. The lowest BCUT2D eigenvalue weighted by Crippen LogP contribution is -2.54. The Morgan fingerprint density at radius 1 is 1.44 bits per heavy atom. The van der Waals surface area contributed by atoms with E-state index in [4.69, 9.17) is 4.74 Å². The second kappa shape index (κ2) is 5.48. The second-order valence-corrected chi connectivity index (χ2v) is 5.47. The van der Waals surface area contributed by atoms with E-state index in [-0.39, 0.29) is 0 Å². The zero-order valence-electron chi connectivity index (χ0n) is 10.7. The topological polar surface area (TPSA) is 33.3 Å². The molecule has 1 aliphatic carbocycles. The van der Waals surface area contributed by atoms with Gasteiger partial charge >= 0.3 is 0 Å². The van der Waals surface area contributed by atoms with Crippen molar-refractivity contribution in [3.05, 3.63) is 0 Å². The molecular formula is C13H26N2O. The average Bonchev–Trinajstić information content (AvgIpc) is 2.66. The maximum Gasteiger partial charge on any atom is 0.0601 e. The summed E-state index contributed by atoms with van der Waals surface area (Å²) in [7, 11) is 1.82. The van der Waals surface area contributed by atoms with E-state index < -0.39 is 0 Å². The predicted molar refractivity (Wildman–Crippen MR) is 66.7 cm³/mol. The first kappa shape index (κ1) is 12.3. The molecule has 1 saturated carbocycles. The van der Waals surface area contributed by atoms with Crippen molar-refractivity contribution in [3.63, 3.8) is 0 Å². The first-order valence-corrected chi connectivity index (χ1v) is 6.79. The summed E-state index contributed by atoms with van der Waals surface area (Å²) in [6, 6.07) is 0.695. The Labute approximate surface area is 99.3 Å². The van der Waals surface area contributed by atoms with E-state index in [1.165, 1.54) is 45.1 Å². The highest BCUT2D eigenvalue weighted by Gasteiger charge is 2.35. The molecule has 0 spiro atoms. The molecule has 0 bridgehead atoms. The van der Waals surface area contributed by atoms with Crippen LogP contribution in [0.3, 0.4) is 0 Å². The lowest BCUT2D eigenvalue weighted by molar-refractivity contribution is 0.0154. The Kier molecular flexibility index (Phi) is 4.22. The van der Waals surface area contributed by atoms with E-state index in [2.05, 4.69) is 17.6 Å². The maximum atomic E-state index is 5.31. The molecule has 1 saturated heterocycles. The van der Waals surface area contributed by atoms with Crippen LogP contribution in [0.15, 0.2) is 0 Å². The zero-order valence-corrected chi connectivity index (χ0v) is 10.7. The van der Waals surface area contributed by atoms with Gasteiger partial charge in [-0.3, -0.25) is 0 Å². The van der Waals surface area contributed by atoms with Crippen molar-refractivity contribution in [3.8, 4) is 0 Å². The molecule has 1 heterocycles. The van der Waals surface area contributed by atoms with Crippen LogP contribution in [0.1, 0.15) is 45.4 Å². The van der Waals surface area contributed by atoms with E-state index in [1.54, 1.807) is 0 Å². The van der Waals surface area contributed by atoms with Crippen LogP contribution in [0.5, 0.6) is 0 Å². The van der Waals surface area contributed by atoms with Crippen LogP contribution in [0.4, 0.5) is 0 Å². The number of nitrogens with one attached hydrogen (secondary N) is 2. The molecule has 1 aliphatic heterocycles. The van der Waals surface area contributed by atoms with Crippen LogP contribution in [0, 0.1) is 0 Å². The molecule has 0 aromatic rings. The number of methoxy groups -OCH3 is 1. The summed E-state index contributed by atoms with van der Waals surface area (Å²) in [5, 5.41) is 7.41. The van der Waals surface area contributed by atoms with Gasteiger partial charge in [0.25, 0.3) is 0 Å². The maximum absolute atomic E-state index is 5.31. The van der Waals surface area contributed by atoms with E-state index in [9.17, 15) is 0 Å². The highest BCUT2D eigenvalue weighted by atomic mass is 16.5. The van der Waals surface area contributed by atoms with Gasteiger partial charge in [-0.25, -0.2) is 0 Å². The molecule has 3 nitrogen and oxygen atoms in total. The van der Waals surface area contributed by atoms with Crippen molar-refractivity contribution in [2.24, 2.45) is 0 Å². The van der Waals surface area contributed by atoms with Gasteiger partial charge in [0.05, 0.1) is 6.10 Å². The molecule has 2 rings (SSSR count). The Bertz CT molecular complexity index is 208. The van der Waals surface area contributed by atoms with Crippen LogP contribution in [-0.2, 0) is 4.74 Å². The largest absolute Gasteiger partial charge is 0.381 e. The molecule has 0 aromatic carbocycles. The minimum absolute atomic E-state index is 0.396. The van der Waals surface area contributed by atoms with Gasteiger partial charge < -0.3 is 15.4 Å². The molecule has 2 N–H and O–H groups in total. The molecule has 2 aliphatic rings. The summed E-state index contributed by atoms with van der Waals surface area (Å²) in [5.74, 6) is 0. The fraction of sp³-hybridized carbons (Fsp3) is 1.00. The molecule has 0 radical (unpaired) electrons. The number of rotatable bonds is 6. The van der Waals surface area contributed by atoms with Gasteiger partial charge in [0.2, 0.25) is 0 Å². The summed E-state index contributed by atoms with van der Waals surface area (Å²) in [6.45, 7) is 4.63. The van der Waals surface area contributed by atoms with Crippen molar-refractivity contribution < 1.29 is 4.74 Å². The monoisotopic (exact) mass is 226 g/mol. The summed E-state index contributed by atoms with van der Waals surface area (Å²) < 4.78 is 5.31. The summed E-state index contributed by atoms with van der Waals surface area (Å²) in [5.41, 5.74) is 0.396. The van der Waals surface area contributed by atoms with Crippen LogP contribution < -0.4 is 10.6 Å². The third-order valence-corrected chi connectivity index (χ3v) is 4.22. The first-order chi connectivity index (χ1) is 7.78. The zero-order chi connectivity index (χ0) is 11.4. The van der Waals surface area contributed by atoms with Crippen molar-refractivity contribution >= 4 is 0 Å². The Morgan fingerprint density at radius 2 is 2.25 bits per heavy atom. The lowest BCUT2D eigenvalue weighted by Gasteiger charge is -2.38. The molecule has 16 heavy (non-hydrogen) atoms. The van der Waals surface area contributed by atoms with Gasteiger partial charge in [0.15, 0.2) is 0 Å². The van der Waals surface area contributed by atoms with Crippen molar-refractivity contribution in [2.45, 2.75) is 63.1 Å². The average molecular weight is 226 g/mol. The first-order valence-electron chi connectivity index (χ1n) is 6.79. The smallest absolute Gasteiger partial charge is 0.0601 e. The second-order valence-electron chi connectivity index (χ2n) is 5.47. The SMILES string of the molecule is CCCC1(CNC2CC(OC)C2)CCCN1. The molecule has 3 heteroatoms. The molecule has 0 amide bonds. The van der Waals surface area contributed by atoms with Crippen LogP contribution in [0.2, 0.25) is 0 Å². The van der Waals surface area contributed by atoms with E-state index >= 15 is 0 Å². The minimum atomic E-state index is 0.396. The minimum Gasteiger partial charge on any atom is -0.381 e. The quantitative estimate of drug-likeness (QED) is 0.723. The summed E-state index contributed by atoms with van der Waals surface area (Å²) in [4.78, 5) is 0. The molecule has 0 aromatic heterocycles. The fourth-order valence-corrected chi connectivity index (χ4v) is 3.06. The lowest BCUT2D eigenvalue weighted by atomic mass is 9.86. The van der Waals surface area contributed by atoms with E-state index in [0.717, 1.165) is 6.54 Å². The Balaban J connectivity index is 1.71. The third kappa shape index (κ3) is 2.76. The van der Waals surface area contributed by atoms with E-state index in [1.807, 2.05) is 7.11 Å². The standard InChI is InChI=1S/C13H26N2O/c1-3-5-13(6-4-7-15-13)10-14-11-8-12(9-11)16-2/h11-12,14-15H,3-10H2,1-2H3. The normalized spacial score (nSPS) is 38.6. The molecular weight excluding hydrogens is 200 g/mol. The summed E-state index contributed by atoms with van der Waals surface area (Å²) in [6.07, 6.45) is 8.16. The number of hydrogen-bond acceptors (Lipinski definition) is 3. The van der Waals surface area contributed by atoms with Gasteiger partial charge in [0.1, 0.15) is 0 Å². The van der Waals surface area contributed by atoms with Crippen LogP contribution >= 0.6 is 0 Å². The van der Waals surface area contributed by atoms with Gasteiger partial charge in [0, 0.05) is 25.2 Å². The van der Waals surface area contributed by atoms with Crippen LogP contribution in [0.25, 0.3) is 0 Å². The van der Waals surface area contributed by atoms with Gasteiger partial charge in [-0.1, -0.05) is 13.3 Å². The fourth-order valence-electron chi connectivity index (χ4n) is 3.06. The van der Waals surface area contributed by atoms with Gasteiger partial charge in [-0.2, -0.15) is 0 Å². The van der Waals surface area contributed by atoms with Crippen molar-refractivity contribution in [1.29, 1.82) is 0 Å². The summed E-state index contributed by atoms with van der Waals surface area (Å²) >= 11 is 0. The Hall–Kier alpha value is -0.120. The predicted octanol–water partition coefficient (Wildman–Crippen LogP) is 1.68. The van der Waals surface area contributed by atoms with Crippen LogP contribution in [-0.4, -0.2) is 37.9 Å². The molecule has 1 unspecified atom stereocenters. The molecule has 94 valence electrons. The van der Waals surface area contributed by atoms with E-state index in [0.29, 0.717) is 17.7 Å². The molecule has 1 atom stereocenters. The number of ether oxygens (including phenoxy) is 1. The van der Waals surface area contributed by atoms with Crippen molar-refractivity contribution in [1.82, 2.24) is 10.6 Å². The Morgan fingerprint density at radius 3 is 2.81 bits per heavy atom. The number of hydrogen-bond donors (Lipinski definition) is 2. The molecule has 2 fully saturated rings.